The van der Waals surface area contributed by atoms with Crippen LogP contribution in [0.5, 0.6) is 0 Å². The molecule has 0 radical (unpaired) electrons. The number of aliphatic carboxylic acids is 1. The number of hydrogen-bond donors (Lipinski definition) is 2. The fourth-order valence-electron chi connectivity index (χ4n) is 2.45. The average molecular weight is 299 g/mol. The van der Waals surface area contributed by atoms with E-state index < -0.39 is 42.6 Å². The summed E-state index contributed by atoms with van der Waals surface area (Å²) in [5.74, 6) is -8.22. The van der Waals surface area contributed by atoms with Gasteiger partial charge in [0.2, 0.25) is 5.91 Å². The van der Waals surface area contributed by atoms with Crippen LogP contribution in [0.2, 0.25) is 0 Å². The van der Waals surface area contributed by atoms with Crippen molar-refractivity contribution in [1.29, 1.82) is 0 Å². The molecule has 0 aliphatic heterocycles. The number of halogens is 4. The van der Waals surface area contributed by atoms with Crippen LogP contribution in [-0.2, 0) is 9.59 Å². The number of hydrogen-bond acceptors (Lipinski definition) is 2. The molecule has 8 heteroatoms. The zero-order chi connectivity index (χ0) is 15.5. The van der Waals surface area contributed by atoms with E-state index in [2.05, 4.69) is 0 Å². The summed E-state index contributed by atoms with van der Waals surface area (Å²) < 4.78 is 49.4. The van der Waals surface area contributed by atoms with Gasteiger partial charge in [-0.15, -0.1) is 0 Å². The second-order valence-electron chi connectivity index (χ2n) is 5.08. The summed E-state index contributed by atoms with van der Waals surface area (Å²) in [6, 6.07) is 0. The SMILES string of the molecule is CCC1C[C@H](C(=O)NCC(F)(F)C(F)F)[C@H](C(=O)O)C1. The van der Waals surface area contributed by atoms with Gasteiger partial charge in [0.15, 0.2) is 0 Å². The van der Waals surface area contributed by atoms with Crippen LogP contribution in [-0.4, -0.2) is 35.9 Å². The van der Waals surface area contributed by atoms with Crippen LogP contribution < -0.4 is 5.32 Å². The van der Waals surface area contributed by atoms with Gasteiger partial charge in [-0.1, -0.05) is 13.3 Å². The van der Waals surface area contributed by atoms with Gasteiger partial charge in [0.25, 0.3) is 0 Å². The minimum atomic E-state index is -4.31. The minimum absolute atomic E-state index is 0.0301. The van der Waals surface area contributed by atoms with Crippen LogP contribution >= 0.6 is 0 Å². The topological polar surface area (TPSA) is 66.4 Å². The molecule has 1 amide bonds. The van der Waals surface area contributed by atoms with Crippen LogP contribution in [0.4, 0.5) is 17.6 Å². The first kappa shape index (κ1) is 16.7. The minimum Gasteiger partial charge on any atom is -0.481 e. The zero-order valence-corrected chi connectivity index (χ0v) is 10.9. The van der Waals surface area contributed by atoms with Crippen molar-refractivity contribution in [2.45, 2.75) is 38.5 Å². The third-order valence-corrected chi connectivity index (χ3v) is 3.71. The molecule has 0 aromatic heterocycles. The monoisotopic (exact) mass is 299 g/mol. The zero-order valence-electron chi connectivity index (χ0n) is 10.9. The predicted molar refractivity (Wildman–Crippen MR) is 61.6 cm³/mol. The van der Waals surface area contributed by atoms with Crippen molar-refractivity contribution < 1.29 is 32.3 Å². The van der Waals surface area contributed by atoms with Crippen molar-refractivity contribution in [1.82, 2.24) is 5.32 Å². The lowest BCUT2D eigenvalue weighted by Gasteiger charge is -2.19. The van der Waals surface area contributed by atoms with E-state index in [1.165, 1.54) is 0 Å². The molecule has 20 heavy (non-hydrogen) atoms. The number of carboxylic acid groups (broad SMARTS) is 1. The number of amides is 1. The lowest BCUT2D eigenvalue weighted by molar-refractivity contribution is -0.148. The van der Waals surface area contributed by atoms with E-state index in [4.69, 9.17) is 5.11 Å². The Balaban J connectivity index is 2.64. The quantitative estimate of drug-likeness (QED) is 0.738. The molecule has 0 aromatic rings. The number of carbonyl (C=O) groups excluding carboxylic acids is 1. The third-order valence-electron chi connectivity index (χ3n) is 3.71. The van der Waals surface area contributed by atoms with Crippen LogP contribution in [0.1, 0.15) is 26.2 Å². The summed E-state index contributed by atoms with van der Waals surface area (Å²) in [6.45, 7) is 0.359. The Kier molecular flexibility index (Phi) is 5.35. The fourth-order valence-corrected chi connectivity index (χ4v) is 2.45. The molecule has 116 valence electrons. The largest absolute Gasteiger partial charge is 0.481 e. The number of carboxylic acids is 1. The van der Waals surface area contributed by atoms with Crippen LogP contribution in [0, 0.1) is 17.8 Å². The Labute approximate surface area is 113 Å². The first-order valence-corrected chi connectivity index (χ1v) is 6.35. The van der Waals surface area contributed by atoms with Crippen LogP contribution in [0.25, 0.3) is 0 Å². The first-order chi connectivity index (χ1) is 9.19. The molecule has 1 saturated carbocycles. The van der Waals surface area contributed by atoms with Gasteiger partial charge in [-0.3, -0.25) is 9.59 Å². The number of alkyl halides is 4. The van der Waals surface area contributed by atoms with Crippen molar-refractivity contribution in [3.8, 4) is 0 Å². The summed E-state index contributed by atoms with van der Waals surface area (Å²) in [5.41, 5.74) is 0. The highest BCUT2D eigenvalue weighted by atomic mass is 19.3. The van der Waals surface area contributed by atoms with Gasteiger partial charge in [-0.25, -0.2) is 8.78 Å². The molecule has 0 spiro atoms. The van der Waals surface area contributed by atoms with Crippen molar-refractivity contribution >= 4 is 11.9 Å². The standard InChI is InChI=1S/C12H17F4NO3/c1-2-6-3-7(8(4-6)10(19)20)9(18)17-5-12(15,16)11(13)14/h6-8,11H,2-5H2,1H3,(H,17,18)(H,19,20)/t6?,7-,8+/m0/s1. The second-order valence-corrected chi connectivity index (χ2v) is 5.08. The molecule has 1 fully saturated rings. The van der Waals surface area contributed by atoms with Crippen molar-refractivity contribution in [3.63, 3.8) is 0 Å². The molecule has 1 aliphatic carbocycles. The van der Waals surface area contributed by atoms with Gasteiger partial charge in [0.1, 0.15) is 0 Å². The highest BCUT2D eigenvalue weighted by Crippen LogP contribution is 2.38. The van der Waals surface area contributed by atoms with E-state index in [-0.39, 0.29) is 12.3 Å². The molecule has 0 bridgehead atoms. The lowest BCUT2D eigenvalue weighted by atomic mass is 9.95. The van der Waals surface area contributed by atoms with E-state index in [1.54, 1.807) is 5.32 Å². The molecule has 1 aliphatic rings. The maximum Gasteiger partial charge on any atom is 0.324 e. The normalized spacial score (nSPS) is 26.8. The average Bonchev–Trinajstić information content (AvgIpc) is 2.80. The smallest absolute Gasteiger partial charge is 0.324 e. The van der Waals surface area contributed by atoms with E-state index in [0.29, 0.717) is 12.8 Å². The summed E-state index contributed by atoms with van der Waals surface area (Å²) >= 11 is 0. The molecule has 1 rings (SSSR count). The highest BCUT2D eigenvalue weighted by molar-refractivity contribution is 5.85. The molecule has 4 nitrogen and oxygen atoms in total. The summed E-state index contributed by atoms with van der Waals surface area (Å²) in [4.78, 5) is 22.8. The Morgan fingerprint density at radius 2 is 1.85 bits per heavy atom. The highest BCUT2D eigenvalue weighted by Gasteiger charge is 2.45. The van der Waals surface area contributed by atoms with Gasteiger partial charge >= 0.3 is 18.3 Å². The maximum atomic E-state index is 12.7. The molecule has 0 heterocycles. The van der Waals surface area contributed by atoms with Gasteiger partial charge in [-0.05, 0) is 18.8 Å². The summed E-state index contributed by atoms with van der Waals surface area (Å²) in [6.07, 6.45) is -2.61. The molecule has 2 N–H and O–H groups in total. The Hall–Kier alpha value is -1.34. The number of carbonyl (C=O) groups is 2. The second kappa shape index (κ2) is 6.41. The van der Waals surface area contributed by atoms with E-state index in [1.807, 2.05) is 6.92 Å². The Morgan fingerprint density at radius 1 is 1.30 bits per heavy atom. The van der Waals surface area contributed by atoms with Crippen LogP contribution in [0.3, 0.4) is 0 Å². The molecule has 3 atom stereocenters. The molecular weight excluding hydrogens is 282 g/mol. The Bertz CT molecular complexity index is 376. The van der Waals surface area contributed by atoms with Crippen molar-refractivity contribution in [2.75, 3.05) is 6.54 Å². The van der Waals surface area contributed by atoms with Crippen molar-refractivity contribution in [3.05, 3.63) is 0 Å². The number of nitrogens with one attached hydrogen (secondary N) is 1. The molecule has 0 aromatic carbocycles. The summed E-state index contributed by atoms with van der Waals surface area (Å²) in [5, 5.41) is 10.8. The maximum absolute atomic E-state index is 12.7. The molecule has 0 saturated heterocycles. The van der Waals surface area contributed by atoms with E-state index >= 15 is 0 Å². The van der Waals surface area contributed by atoms with Gasteiger partial charge in [0.05, 0.1) is 18.4 Å². The first-order valence-electron chi connectivity index (χ1n) is 6.35. The lowest BCUT2D eigenvalue weighted by Crippen LogP contribution is -2.44. The van der Waals surface area contributed by atoms with E-state index in [0.717, 1.165) is 0 Å². The third kappa shape index (κ3) is 3.83. The van der Waals surface area contributed by atoms with Gasteiger partial charge in [-0.2, -0.15) is 8.78 Å². The fraction of sp³-hybridized carbons (Fsp3) is 0.833. The van der Waals surface area contributed by atoms with E-state index in [9.17, 15) is 27.2 Å². The number of rotatable bonds is 6. The van der Waals surface area contributed by atoms with Crippen molar-refractivity contribution in [2.24, 2.45) is 17.8 Å². The molecule has 1 unspecified atom stereocenters. The summed E-state index contributed by atoms with van der Waals surface area (Å²) in [7, 11) is 0. The van der Waals surface area contributed by atoms with Crippen LogP contribution in [0.15, 0.2) is 0 Å². The molecular formula is C12H17F4NO3. The predicted octanol–water partition coefficient (Wildman–Crippen LogP) is 2.14. The van der Waals surface area contributed by atoms with Gasteiger partial charge in [0, 0.05) is 0 Å². The van der Waals surface area contributed by atoms with Gasteiger partial charge < -0.3 is 10.4 Å². The Morgan fingerprint density at radius 3 is 2.30 bits per heavy atom.